The van der Waals surface area contributed by atoms with Crippen LogP contribution in [0.3, 0.4) is 0 Å². The molecule has 2 N–H and O–H groups in total. The van der Waals surface area contributed by atoms with Gasteiger partial charge in [-0.2, -0.15) is 0 Å². The lowest BCUT2D eigenvalue weighted by Crippen LogP contribution is -3.15. The maximum Gasteiger partial charge on any atom is 0.279 e. The van der Waals surface area contributed by atoms with Gasteiger partial charge in [0.2, 0.25) is 0 Å². The van der Waals surface area contributed by atoms with Gasteiger partial charge in [-0.25, -0.2) is 0 Å². The number of piperazine rings is 1. The molecule has 2 aromatic rings. The average molecular weight is 391 g/mol. The number of carbonyl (C=O) groups excluding carboxylic acids is 1. The predicted molar refractivity (Wildman–Crippen MR) is 107 cm³/mol. The molecule has 0 atom stereocenters. The standard InChI is InChI=1S/C20H24ClN3O3/c1-26-17-6-4-16(5-7-17)24-11-9-23(10-12-24)14-20(25)22-15-3-8-19(27-2)18(21)13-15/h3-8,13H,9-12,14H2,1-2H3,(H,22,25)/p+1. The number of rotatable bonds is 6. The lowest BCUT2D eigenvalue weighted by Gasteiger charge is -2.33. The fraction of sp³-hybridized carbons (Fsp3) is 0.350. The number of carbonyl (C=O) groups is 1. The second-order valence-corrected chi connectivity index (χ2v) is 6.92. The van der Waals surface area contributed by atoms with Gasteiger partial charge in [0.15, 0.2) is 6.54 Å². The number of halogens is 1. The molecule has 1 amide bonds. The van der Waals surface area contributed by atoms with E-state index in [1.165, 1.54) is 10.6 Å². The summed E-state index contributed by atoms with van der Waals surface area (Å²) in [5.74, 6) is 1.44. The molecule has 1 fully saturated rings. The Balaban J connectivity index is 1.48. The van der Waals surface area contributed by atoms with Crippen molar-refractivity contribution in [3.05, 3.63) is 47.5 Å². The molecule has 0 spiro atoms. The van der Waals surface area contributed by atoms with E-state index in [4.69, 9.17) is 21.1 Å². The maximum atomic E-state index is 12.3. The number of amides is 1. The third-order valence-electron chi connectivity index (χ3n) is 4.75. The maximum absolute atomic E-state index is 12.3. The van der Waals surface area contributed by atoms with E-state index in [0.29, 0.717) is 23.0 Å². The number of nitrogens with zero attached hydrogens (tertiary/aromatic N) is 1. The molecule has 1 heterocycles. The van der Waals surface area contributed by atoms with Crippen LogP contribution >= 0.6 is 11.6 Å². The molecular weight excluding hydrogens is 366 g/mol. The number of nitrogens with one attached hydrogen (secondary N) is 2. The lowest BCUT2D eigenvalue weighted by molar-refractivity contribution is -0.892. The fourth-order valence-electron chi connectivity index (χ4n) is 3.23. The smallest absolute Gasteiger partial charge is 0.279 e. The number of anilines is 2. The largest absolute Gasteiger partial charge is 0.497 e. The van der Waals surface area contributed by atoms with E-state index >= 15 is 0 Å². The summed E-state index contributed by atoms with van der Waals surface area (Å²) in [5, 5.41) is 3.39. The molecule has 1 aliphatic rings. The van der Waals surface area contributed by atoms with Crippen molar-refractivity contribution in [1.29, 1.82) is 0 Å². The van der Waals surface area contributed by atoms with Crippen molar-refractivity contribution in [2.75, 3.05) is 57.2 Å². The molecule has 2 aromatic carbocycles. The number of benzene rings is 2. The Labute approximate surface area is 164 Å². The van der Waals surface area contributed by atoms with Crippen LogP contribution in [0.1, 0.15) is 0 Å². The number of ether oxygens (including phenoxy) is 2. The Kier molecular flexibility index (Phi) is 6.42. The quantitative estimate of drug-likeness (QED) is 0.788. The molecule has 1 aliphatic heterocycles. The second-order valence-electron chi connectivity index (χ2n) is 6.51. The summed E-state index contributed by atoms with van der Waals surface area (Å²) in [5.41, 5.74) is 1.87. The summed E-state index contributed by atoms with van der Waals surface area (Å²) in [6.07, 6.45) is 0. The molecular formula is C20H25ClN3O3+. The van der Waals surface area contributed by atoms with Crippen molar-refractivity contribution in [1.82, 2.24) is 0 Å². The minimum absolute atomic E-state index is 0.0101. The zero-order chi connectivity index (χ0) is 19.2. The third-order valence-corrected chi connectivity index (χ3v) is 5.05. The summed E-state index contributed by atoms with van der Waals surface area (Å²) in [6, 6.07) is 13.3. The van der Waals surface area contributed by atoms with Crippen molar-refractivity contribution in [2.45, 2.75) is 0 Å². The first kappa shape index (κ1) is 19.3. The fourth-order valence-corrected chi connectivity index (χ4v) is 3.49. The van der Waals surface area contributed by atoms with Crippen molar-refractivity contribution in [3.8, 4) is 11.5 Å². The molecule has 3 rings (SSSR count). The highest BCUT2D eigenvalue weighted by atomic mass is 35.5. The zero-order valence-corrected chi connectivity index (χ0v) is 16.4. The molecule has 0 bridgehead atoms. The van der Waals surface area contributed by atoms with E-state index in [-0.39, 0.29) is 5.91 Å². The van der Waals surface area contributed by atoms with Gasteiger partial charge in [0.05, 0.1) is 45.4 Å². The number of hydrogen-bond acceptors (Lipinski definition) is 4. The predicted octanol–water partition coefficient (Wildman–Crippen LogP) is 1.70. The van der Waals surface area contributed by atoms with Crippen LogP contribution < -0.4 is 24.6 Å². The molecule has 144 valence electrons. The normalized spacial score (nSPS) is 14.7. The Morgan fingerprint density at radius 3 is 2.41 bits per heavy atom. The van der Waals surface area contributed by atoms with Gasteiger partial charge in [0.25, 0.3) is 5.91 Å². The van der Waals surface area contributed by atoms with E-state index in [2.05, 4.69) is 22.3 Å². The van der Waals surface area contributed by atoms with Crippen molar-refractivity contribution in [3.63, 3.8) is 0 Å². The summed E-state index contributed by atoms with van der Waals surface area (Å²) in [7, 11) is 3.23. The summed E-state index contributed by atoms with van der Waals surface area (Å²) < 4.78 is 10.3. The van der Waals surface area contributed by atoms with Crippen LogP contribution in [0.5, 0.6) is 11.5 Å². The van der Waals surface area contributed by atoms with Gasteiger partial charge >= 0.3 is 0 Å². The van der Waals surface area contributed by atoms with Gasteiger partial charge in [0.1, 0.15) is 11.5 Å². The monoisotopic (exact) mass is 390 g/mol. The third kappa shape index (κ3) is 5.05. The van der Waals surface area contributed by atoms with Gasteiger partial charge in [-0.1, -0.05) is 11.6 Å². The average Bonchev–Trinajstić information content (AvgIpc) is 2.69. The molecule has 27 heavy (non-hydrogen) atoms. The van der Waals surface area contributed by atoms with E-state index in [9.17, 15) is 4.79 Å². The summed E-state index contributed by atoms with van der Waals surface area (Å²) in [6.45, 7) is 4.12. The highest BCUT2D eigenvalue weighted by Crippen LogP contribution is 2.27. The molecule has 0 unspecified atom stereocenters. The Bertz CT molecular complexity index is 775. The van der Waals surface area contributed by atoms with Crippen molar-refractivity contribution < 1.29 is 19.2 Å². The van der Waals surface area contributed by atoms with Crippen LogP contribution in [-0.2, 0) is 4.79 Å². The summed E-state index contributed by atoms with van der Waals surface area (Å²) >= 11 is 6.10. The minimum atomic E-state index is -0.0101. The lowest BCUT2D eigenvalue weighted by atomic mass is 10.2. The van der Waals surface area contributed by atoms with Gasteiger partial charge in [0, 0.05) is 11.4 Å². The van der Waals surface area contributed by atoms with Gasteiger partial charge in [-0.3, -0.25) is 4.79 Å². The van der Waals surface area contributed by atoms with Gasteiger partial charge < -0.3 is 24.6 Å². The van der Waals surface area contributed by atoms with Crippen molar-refractivity contribution >= 4 is 28.9 Å². The van der Waals surface area contributed by atoms with Crippen LogP contribution in [0.15, 0.2) is 42.5 Å². The molecule has 0 aromatic heterocycles. The van der Waals surface area contributed by atoms with Crippen LogP contribution in [0.2, 0.25) is 5.02 Å². The highest BCUT2D eigenvalue weighted by molar-refractivity contribution is 6.32. The van der Waals surface area contributed by atoms with Crippen molar-refractivity contribution in [2.24, 2.45) is 0 Å². The number of hydrogen-bond donors (Lipinski definition) is 2. The minimum Gasteiger partial charge on any atom is -0.497 e. The highest BCUT2D eigenvalue weighted by Gasteiger charge is 2.22. The zero-order valence-electron chi connectivity index (χ0n) is 15.6. The molecule has 7 heteroatoms. The van der Waals surface area contributed by atoms with E-state index in [1.807, 2.05) is 12.1 Å². The molecule has 0 saturated carbocycles. The molecule has 6 nitrogen and oxygen atoms in total. The number of quaternary nitrogens is 1. The topological polar surface area (TPSA) is 55.2 Å². The second kappa shape index (κ2) is 8.97. The van der Waals surface area contributed by atoms with E-state index < -0.39 is 0 Å². The first-order chi connectivity index (χ1) is 13.1. The van der Waals surface area contributed by atoms with Crippen LogP contribution in [0.25, 0.3) is 0 Å². The van der Waals surface area contributed by atoms with Crippen LogP contribution in [0, 0.1) is 0 Å². The van der Waals surface area contributed by atoms with E-state index in [1.54, 1.807) is 32.4 Å². The Morgan fingerprint density at radius 2 is 1.81 bits per heavy atom. The van der Waals surface area contributed by atoms with Gasteiger partial charge in [-0.15, -0.1) is 0 Å². The molecule has 1 saturated heterocycles. The summed E-state index contributed by atoms with van der Waals surface area (Å²) in [4.78, 5) is 15.9. The van der Waals surface area contributed by atoms with E-state index in [0.717, 1.165) is 31.9 Å². The molecule has 0 radical (unpaired) electrons. The van der Waals surface area contributed by atoms with Crippen LogP contribution in [0.4, 0.5) is 11.4 Å². The first-order valence-electron chi connectivity index (χ1n) is 8.95. The number of methoxy groups -OCH3 is 2. The first-order valence-corrected chi connectivity index (χ1v) is 9.33. The molecule has 0 aliphatic carbocycles. The Hall–Kier alpha value is -2.44. The Morgan fingerprint density at radius 1 is 1.11 bits per heavy atom. The SMILES string of the molecule is COc1ccc(N2CC[NH+](CC(=O)Nc3ccc(OC)c(Cl)c3)CC2)cc1. The van der Waals surface area contributed by atoms with Crippen LogP contribution in [-0.4, -0.2) is 52.9 Å². The van der Waals surface area contributed by atoms with Gasteiger partial charge in [-0.05, 0) is 42.5 Å².